The Morgan fingerprint density at radius 1 is 1.04 bits per heavy atom. The molecule has 2 aromatic rings. The Morgan fingerprint density at radius 2 is 1.74 bits per heavy atom. The third-order valence-corrected chi connectivity index (χ3v) is 6.93. The molecule has 2 nitrogen and oxygen atoms in total. The van der Waals surface area contributed by atoms with Gasteiger partial charge in [-0.2, -0.15) is 0 Å². The minimum Gasteiger partial charge on any atom is -0.322 e. The summed E-state index contributed by atoms with van der Waals surface area (Å²) < 4.78 is 0.514. The lowest BCUT2D eigenvalue weighted by molar-refractivity contribution is 0.102. The first-order valence-electron chi connectivity index (χ1n) is 7.85. The molecule has 1 N–H and O–H groups in total. The summed E-state index contributed by atoms with van der Waals surface area (Å²) >= 11 is 4.00. The first kappa shape index (κ1) is 16.5. The van der Waals surface area contributed by atoms with Gasteiger partial charge in [0.25, 0.3) is 5.91 Å². The zero-order valence-electron chi connectivity index (χ0n) is 13.5. The molecule has 0 aliphatic carbocycles. The maximum atomic E-state index is 12.4. The van der Waals surface area contributed by atoms with E-state index in [2.05, 4.69) is 23.5 Å². The molecule has 1 heterocycles. The maximum Gasteiger partial charge on any atom is 0.255 e. The average molecular weight is 344 g/mol. The first-order chi connectivity index (χ1) is 11.1. The van der Waals surface area contributed by atoms with Crippen molar-refractivity contribution in [2.75, 3.05) is 16.8 Å². The second-order valence-electron chi connectivity index (χ2n) is 5.82. The molecule has 1 saturated heterocycles. The summed E-state index contributed by atoms with van der Waals surface area (Å²) in [5, 5.41) is 3.02. The molecular weight excluding hydrogens is 322 g/mol. The topological polar surface area (TPSA) is 29.1 Å². The van der Waals surface area contributed by atoms with Crippen LogP contribution in [0.5, 0.6) is 0 Å². The zero-order valence-corrected chi connectivity index (χ0v) is 15.1. The second kappa shape index (κ2) is 7.45. The maximum absolute atomic E-state index is 12.4. The molecule has 0 saturated carbocycles. The van der Waals surface area contributed by atoms with E-state index >= 15 is 0 Å². The molecule has 0 atom stereocenters. The van der Waals surface area contributed by atoms with Crippen molar-refractivity contribution in [1.29, 1.82) is 0 Å². The van der Waals surface area contributed by atoms with Gasteiger partial charge >= 0.3 is 0 Å². The van der Waals surface area contributed by atoms with E-state index < -0.39 is 0 Å². The number of aryl methyl sites for hydroxylation is 2. The highest BCUT2D eigenvalue weighted by molar-refractivity contribution is 8.16. The molecular formula is C19H21NOS2. The molecule has 1 amide bonds. The van der Waals surface area contributed by atoms with Gasteiger partial charge in [0.15, 0.2) is 0 Å². The van der Waals surface area contributed by atoms with Gasteiger partial charge in [0, 0.05) is 11.3 Å². The van der Waals surface area contributed by atoms with Gasteiger partial charge in [0.1, 0.15) is 0 Å². The van der Waals surface area contributed by atoms with Gasteiger partial charge in [-0.15, -0.1) is 23.5 Å². The third-order valence-electron chi connectivity index (χ3n) is 3.91. The van der Waals surface area contributed by atoms with Gasteiger partial charge in [0.2, 0.25) is 0 Å². The summed E-state index contributed by atoms with van der Waals surface area (Å²) in [6.45, 7) is 4.04. The second-order valence-corrected chi connectivity index (χ2v) is 8.55. The molecule has 2 aromatic carbocycles. The lowest BCUT2D eigenvalue weighted by Crippen LogP contribution is -2.13. The quantitative estimate of drug-likeness (QED) is 0.806. The SMILES string of the molecule is Cc1ccc(C)c(NC(=O)c2ccc(C3SCCCS3)cc2)c1. The van der Waals surface area contributed by atoms with Crippen molar-refractivity contribution in [3.63, 3.8) is 0 Å². The number of carbonyl (C=O) groups is 1. The number of amides is 1. The Labute approximate surface area is 146 Å². The minimum absolute atomic E-state index is 0.0470. The van der Waals surface area contributed by atoms with Crippen molar-refractivity contribution < 1.29 is 4.79 Å². The van der Waals surface area contributed by atoms with Crippen LogP contribution in [0.3, 0.4) is 0 Å². The summed E-state index contributed by atoms with van der Waals surface area (Å²) in [7, 11) is 0. The predicted octanol–water partition coefficient (Wildman–Crippen LogP) is 5.42. The molecule has 1 aliphatic heterocycles. The fraction of sp³-hybridized carbons (Fsp3) is 0.316. The van der Waals surface area contributed by atoms with Crippen LogP contribution in [0.4, 0.5) is 5.69 Å². The molecule has 1 aliphatic rings. The summed E-state index contributed by atoms with van der Waals surface area (Å²) in [6, 6.07) is 14.2. The van der Waals surface area contributed by atoms with Crippen molar-refractivity contribution >= 4 is 35.1 Å². The van der Waals surface area contributed by atoms with Crippen LogP contribution >= 0.6 is 23.5 Å². The Balaban J connectivity index is 1.71. The smallest absolute Gasteiger partial charge is 0.255 e. The number of rotatable bonds is 3. The summed E-state index contributed by atoms with van der Waals surface area (Å²) in [6.07, 6.45) is 1.29. The van der Waals surface area contributed by atoms with E-state index in [1.807, 2.05) is 61.6 Å². The van der Waals surface area contributed by atoms with Crippen molar-refractivity contribution in [1.82, 2.24) is 0 Å². The van der Waals surface area contributed by atoms with Crippen molar-refractivity contribution in [2.45, 2.75) is 24.9 Å². The molecule has 23 heavy (non-hydrogen) atoms. The third kappa shape index (κ3) is 4.12. The Morgan fingerprint density at radius 3 is 2.43 bits per heavy atom. The number of anilines is 1. The Hall–Kier alpha value is -1.39. The van der Waals surface area contributed by atoms with Crippen LogP contribution in [-0.4, -0.2) is 17.4 Å². The van der Waals surface area contributed by atoms with Crippen LogP contribution in [0.2, 0.25) is 0 Å². The van der Waals surface area contributed by atoms with Crippen LogP contribution in [0, 0.1) is 13.8 Å². The molecule has 120 valence electrons. The number of hydrogen-bond acceptors (Lipinski definition) is 3. The van der Waals surface area contributed by atoms with Gasteiger partial charge in [-0.05, 0) is 66.7 Å². The molecule has 3 rings (SSSR count). The van der Waals surface area contributed by atoms with Crippen LogP contribution in [0.15, 0.2) is 42.5 Å². The standard InChI is InChI=1S/C19H21NOS2/c1-13-4-5-14(2)17(12-13)20-18(21)15-6-8-16(9-7-15)19-22-10-3-11-23-19/h4-9,12,19H,3,10-11H2,1-2H3,(H,20,21). The number of nitrogens with one attached hydrogen (secondary N) is 1. The summed E-state index contributed by atoms with van der Waals surface area (Å²) in [5.74, 6) is 2.41. The largest absolute Gasteiger partial charge is 0.322 e. The van der Waals surface area contributed by atoms with Crippen LogP contribution in [-0.2, 0) is 0 Å². The highest BCUT2D eigenvalue weighted by atomic mass is 32.2. The normalized spacial score (nSPS) is 15.4. The van der Waals surface area contributed by atoms with Gasteiger partial charge in [-0.25, -0.2) is 0 Å². The first-order valence-corrected chi connectivity index (χ1v) is 9.95. The van der Waals surface area contributed by atoms with Crippen molar-refractivity contribution in [2.24, 2.45) is 0 Å². The molecule has 0 radical (unpaired) electrons. The molecule has 0 unspecified atom stereocenters. The van der Waals surface area contributed by atoms with Gasteiger partial charge in [0.05, 0.1) is 4.58 Å². The molecule has 4 heteroatoms. The van der Waals surface area contributed by atoms with E-state index in [0.29, 0.717) is 10.1 Å². The average Bonchev–Trinajstić information content (AvgIpc) is 2.59. The van der Waals surface area contributed by atoms with E-state index in [1.54, 1.807) is 0 Å². The van der Waals surface area contributed by atoms with Gasteiger partial charge in [-0.1, -0.05) is 24.3 Å². The lowest BCUT2D eigenvalue weighted by atomic mass is 10.1. The van der Waals surface area contributed by atoms with E-state index in [1.165, 1.54) is 23.5 Å². The summed E-state index contributed by atoms with van der Waals surface area (Å²) in [5.41, 5.74) is 5.13. The van der Waals surface area contributed by atoms with Crippen molar-refractivity contribution in [3.8, 4) is 0 Å². The number of benzene rings is 2. The van der Waals surface area contributed by atoms with E-state index in [4.69, 9.17) is 0 Å². The zero-order chi connectivity index (χ0) is 16.2. The predicted molar refractivity (Wildman–Crippen MR) is 103 cm³/mol. The lowest BCUT2D eigenvalue weighted by Gasteiger charge is -2.21. The molecule has 0 spiro atoms. The Kier molecular flexibility index (Phi) is 5.34. The molecule has 0 bridgehead atoms. The van der Waals surface area contributed by atoms with Gasteiger partial charge in [-0.3, -0.25) is 4.79 Å². The van der Waals surface area contributed by atoms with Crippen LogP contribution in [0.25, 0.3) is 0 Å². The molecule has 1 fully saturated rings. The number of thioether (sulfide) groups is 2. The van der Waals surface area contributed by atoms with Crippen LogP contribution in [0.1, 0.15) is 38.1 Å². The minimum atomic E-state index is -0.0470. The van der Waals surface area contributed by atoms with E-state index in [9.17, 15) is 4.79 Å². The van der Waals surface area contributed by atoms with E-state index in [0.717, 1.165) is 16.8 Å². The summed E-state index contributed by atoms with van der Waals surface area (Å²) in [4.78, 5) is 12.4. The monoisotopic (exact) mass is 343 g/mol. The Bertz CT molecular complexity index is 691. The van der Waals surface area contributed by atoms with Crippen LogP contribution < -0.4 is 5.32 Å². The fourth-order valence-corrected chi connectivity index (χ4v) is 5.43. The highest BCUT2D eigenvalue weighted by Gasteiger charge is 2.17. The highest BCUT2D eigenvalue weighted by Crippen LogP contribution is 2.43. The van der Waals surface area contributed by atoms with E-state index in [-0.39, 0.29) is 5.91 Å². The number of carbonyl (C=O) groups excluding carboxylic acids is 1. The number of hydrogen-bond donors (Lipinski definition) is 1. The van der Waals surface area contributed by atoms with Crippen molar-refractivity contribution in [3.05, 3.63) is 64.7 Å². The fourth-order valence-electron chi connectivity index (χ4n) is 2.54. The van der Waals surface area contributed by atoms with Gasteiger partial charge < -0.3 is 5.32 Å². The molecule has 0 aromatic heterocycles.